The lowest BCUT2D eigenvalue weighted by Gasteiger charge is -2.32. The molecule has 2 heterocycles. The van der Waals surface area contributed by atoms with Gasteiger partial charge < -0.3 is 14.4 Å². The van der Waals surface area contributed by atoms with Crippen molar-refractivity contribution in [3.63, 3.8) is 0 Å². The van der Waals surface area contributed by atoms with Gasteiger partial charge in [0.1, 0.15) is 11.6 Å². The number of hydrogen-bond acceptors (Lipinski definition) is 6. The summed E-state index contributed by atoms with van der Waals surface area (Å²) in [4.78, 5) is 22.5. The zero-order chi connectivity index (χ0) is 21.8. The van der Waals surface area contributed by atoms with E-state index < -0.39 is 11.8 Å². The Morgan fingerprint density at radius 1 is 1.23 bits per heavy atom. The molecule has 1 saturated carbocycles. The van der Waals surface area contributed by atoms with Gasteiger partial charge in [-0.3, -0.25) is 4.79 Å². The topological polar surface area (TPSA) is 64.6 Å². The van der Waals surface area contributed by atoms with E-state index in [2.05, 4.69) is 19.6 Å². The average molecular weight is 428 g/mol. The molecule has 2 aliphatic rings. The standard InChI is InChI=1S/C24H30FN3O3/c1-16-14-26-24(27-15-16)28-8-5-17(6-9-28)21-11-18(21)7-10-31-20-4-3-19(22(25)13-20)12-23(29)30-2/h3-4,13-15,17-18,21H,5-12H2,1-2H3/t18-,21-/m1/s1. The molecule has 1 aliphatic heterocycles. The summed E-state index contributed by atoms with van der Waals surface area (Å²) in [7, 11) is 1.30. The van der Waals surface area contributed by atoms with Crippen LogP contribution >= 0.6 is 0 Å². The zero-order valence-corrected chi connectivity index (χ0v) is 18.2. The van der Waals surface area contributed by atoms with Crippen molar-refractivity contribution in [2.24, 2.45) is 17.8 Å². The van der Waals surface area contributed by atoms with Crippen LogP contribution in [0.4, 0.5) is 10.3 Å². The van der Waals surface area contributed by atoms with Gasteiger partial charge in [-0.25, -0.2) is 14.4 Å². The summed E-state index contributed by atoms with van der Waals surface area (Å²) in [5, 5.41) is 0. The molecule has 0 bridgehead atoms. The van der Waals surface area contributed by atoms with E-state index in [9.17, 15) is 9.18 Å². The van der Waals surface area contributed by atoms with Crippen LogP contribution in [0.25, 0.3) is 0 Å². The van der Waals surface area contributed by atoms with Crippen LogP contribution in [0.1, 0.15) is 36.8 Å². The molecule has 2 aromatic rings. The number of rotatable bonds is 8. The second-order valence-corrected chi connectivity index (χ2v) is 8.69. The molecule has 166 valence electrons. The third kappa shape index (κ3) is 5.51. The molecule has 0 radical (unpaired) electrons. The molecule has 1 aromatic heterocycles. The first kappa shape index (κ1) is 21.5. The number of ether oxygens (including phenoxy) is 2. The highest BCUT2D eigenvalue weighted by Crippen LogP contribution is 2.49. The summed E-state index contributed by atoms with van der Waals surface area (Å²) in [6.45, 7) is 4.63. The van der Waals surface area contributed by atoms with E-state index in [1.54, 1.807) is 12.1 Å². The van der Waals surface area contributed by atoms with E-state index in [4.69, 9.17) is 4.74 Å². The van der Waals surface area contributed by atoms with E-state index in [0.29, 0.717) is 23.8 Å². The summed E-state index contributed by atoms with van der Waals surface area (Å²) in [5.41, 5.74) is 1.41. The Balaban J connectivity index is 1.17. The lowest BCUT2D eigenvalue weighted by atomic mass is 9.90. The first-order valence-electron chi connectivity index (χ1n) is 11.0. The molecule has 7 heteroatoms. The van der Waals surface area contributed by atoms with Crippen molar-refractivity contribution in [1.29, 1.82) is 0 Å². The van der Waals surface area contributed by atoms with Gasteiger partial charge in [0.15, 0.2) is 0 Å². The Kier molecular flexibility index (Phi) is 6.68. The molecule has 0 N–H and O–H groups in total. The quantitative estimate of drug-likeness (QED) is 0.594. The second kappa shape index (κ2) is 9.62. The van der Waals surface area contributed by atoms with Crippen molar-refractivity contribution >= 4 is 11.9 Å². The normalized spacial score (nSPS) is 21.1. The van der Waals surface area contributed by atoms with E-state index in [-0.39, 0.29) is 6.42 Å². The van der Waals surface area contributed by atoms with Gasteiger partial charge in [-0.05, 0) is 67.6 Å². The van der Waals surface area contributed by atoms with Gasteiger partial charge in [0.05, 0.1) is 20.1 Å². The molecule has 2 atom stereocenters. The Morgan fingerprint density at radius 3 is 2.65 bits per heavy atom. The van der Waals surface area contributed by atoms with Gasteiger partial charge in [0.25, 0.3) is 0 Å². The number of carbonyl (C=O) groups excluding carboxylic acids is 1. The van der Waals surface area contributed by atoms with Crippen LogP contribution in [-0.2, 0) is 16.0 Å². The minimum Gasteiger partial charge on any atom is -0.493 e. The van der Waals surface area contributed by atoms with Crippen LogP contribution in [0.5, 0.6) is 5.75 Å². The smallest absolute Gasteiger partial charge is 0.310 e. The molecule has 0 spiro atoms. The molecular weight excluding hydrogens is 397 g/mol. The highest BCUT2D eigenvalue weighted by atomic mass is 19.1. The first-order valence-corrected chi connectivity index (χ1v) is 11.0. The number of aryl methyl sites for hydroxylation is 1. The molecule has 0 unspecified atom stereocenters. The van der Waals surface area contributed by atoms with Crippen molar-refractivity contribution in [3.05, 3.63) is 47.5 Å². The number of halogens is 1. The van der Waals surface area contributed by atoms with Gasteiger partial charge in [-0.1, -0.05) is 6.07 Å². The van der Waals surface area contributed by atoms with Crippen molar-refractivity contribution in [2.75, 3.05) is 31.7 Å². The van der Waals surface area contributed by atoms with E-state index in [0.717, 1.165) is 42.9 Å². The highest BCUT2D eigenvalue weighted by Gasteiger charge is 2.43. The van der Waals surface area contributed by atoms with Crippen LogP contribution in [0, 0.1) is 30.5 Å². The molecule has 2 fully saturated rings. The molecular formula is C24H30FN3O3. The van der Waals surface area contributed by atoms with Crippen molar-refractivity contribution in [1.82, 2.24) is 9.97 Å². The van der Waals surface area contributed by atoms with Gasteiger partial charge >= 0.3 is 5.97 Å². The van der Waals surface area contributed by atoms with E-state index in [1.807, 2.05) is 19.3 Å². The number of anilines is 1. The maximum absolute atomic E-state index is 14.1. The number of nitrogens with zero attached hydrogens (tertiary/aromatic N) is 3. The third-order valence-corrected chi connectivity index (χ3v) is 6.52. The SMILES string of the molecule is COC(=O)Cc1ccc(OCC[C@@H]2C[C@@H]2C2CCN(c3ncc(C)cn3)CC2)cc1F. The number of carbonyl (C=O) groups is 1. The predicted molar refractivity (Wildman–Crippen MR) is 116 cm³/mol. The van der Waals surface area contributed by atoms with Crippen molar-refractivity contribution < 1.29 is 18.7 Å². The number of aromatic nitrogens is 2. The summed E-state index contributed by atoms with van der Waals surface area (Å²) >= 11 is 0. The lowest BCUT2D eigenvalue weighted by molar-refractivity contribution is -0.139. The van der Waals surface area contributed by atoms with Crippen LogP contribution in [0.3, 0.4) is 0 Å². The van der Waals surface area contributed by atoms with Crippen molar-refractivity contribution in [3.8, 4) is 5.75 Å². The molecule has 4 rings (SSSR count). The Bertz CT molecular complexity index is 897. The van der Waals surface area contributed by atoms with E-state index in [1.165, 1.54) is 32.4 Å². The number of benzene rings is 1. The lowest BCUT2D eigenvalue weighted by Crippen LogP contribution is -2.35. The molecule has 1 aliphatic carbocycles. The Labute approximate surface area is 182 Å². The summed E-state index contributed by atoms with van der Waals surface area (Å²) in [5.74, 6) is 2.71. The highest BCUT2D eigenvalue weighted by molar-refractivity contribution is 5.72. The van der Waals surface area contributed by atoms with Gasteiger partial charge in [-0.2, -0.15) is 0 Å². The van der Waals surface area contributed by atoms with Gasteiger partial charge in [0.2, 0.25) is 5.95 Å². The maximum Gasteiger partial charge on any atom is 0.310 e. The molecule has 31 heavy (non-hydrogen) atoms. The Hall–Kier alpha value is -2.70. The summed E-state index contributed by atoms with van der Waals surface area (Å²) < 4.78 is 24.5. The maximum atomic E-state index is 14.1. The number of esters is 1. The van der Waals surface area contributed by atoms with Crippen LogP contribution in [0.2, 0.25) is 0 Å². The first-order chi connectivity index (χ1) is 15.0. The second-order valence-electron chi connectivity index (χ2n) is 8.69. The fourth-order valence-electron chi connectivity index (χ4n) is 4.57. The molecule has 0 amide bonds. The third-order valence-electron chi connectivity index (χ3n) is 6.52. The fourth-order valence-corrected chi connectivity index (χ4v) is 4.57. The number of methoxy groups -OCH3 is 1. The van der Waals surface area contributed by atoms with Crippen LogP contribution in [-0.4, -0.2) is 42.7 Å². The predicted octanol–water partition coefficient (Wildman–Crippen LogP) is 3.96. The average Bonchev–Trinajstić information content (AvgIpc) is 3.56. The summed E-state index contributed by atoms with van der Waals surface area (Å²) in [6.07, 6.45) is 8.33. The minimum atomic E-state index is -0.454. The van der Waals surface area contributed by atoms with Crippen molar-refractivity contribution in [2.45, 2.75) is 39.0 Å². The number of piperidine rings is 1. The largest absolute Gasteiger partial charge is 0.493 e. The zero-order valence-electron chi connectivity index (χ0n) is 18.2. The van der Waals surface area contributed by atoms with Gasteiger partial charge in [0, 0.05) is 31.5 Å². The van der Waals surface area contributed by atoms with Gasteiger partial charge in [-0.15, -0.1) is 0 Å². The molecule has 1 aromatic carbocycles. The fraction of sp³-hybridized carbons (Fsp3) is 0.542. The van der Waals surface area contributed by atoms with Crippen LogP contribution in [0.15, 0.2) is 30.6 Å². The van der Waals surface area contributed by atoms with Crippen LogP contribution < -0.4 is 9.64 Å². The summed E-state index contributed by atoms with van der Waals surface area (Å²) in [6, 6.07) is 4.66. The Morgan fingerprint density at radius 2 is 1.97 bits per heavy atom. The van der Waals surface area contributed by atoms with E-state index >= 15 is 0 Å². The monoisotopic (exact) mass is 427 g/mol. The number of hydrogen-bond donors (Lipinski definition) is 0. The molecule has 1 saturated heterocycles. The minimum absolute atomic E-state index is 0.0682. The molecule has 6 nitrogen and oxygen atoms in total.